The molecule has 2 N–H and O–H groups in total. The summed E-state index contributed by atoms with van der Waals surface area (Å²) in [6, 6.07) is 18.1. The first-order chi connectivity index (χ1) is 17.5. The molecule has 5 rings (SSSR count). The van der Waals surface area contributed by atoms with Crippen molar-refractivity contribution >= 4 is 33.5 Å². The van der Waals surface area contributed by atoms with E-state index in [-0.39, 0.29) is 23.8 Å². The number of nitrogens with one attached hydrogen (secondary N) is 1. The number of rotatable bonds is 6. The Labute approximate surface area is 213 Å². The Balaban J connectivity index is 1.20. The number of ether oxygens (including phenoxy) is 3. The van der Waals surface area contributed by atoms with Crippen molar-refractivity contribution in [3.63, 3.8) is 0 Å². The predicted molar refractivity (Wildman–Crippen MR) is 132 cm³/mol. The summed E-state index contributed by atoms with van der Waals surface area (Å²) in [6.07, 6.45) is 0. The molecule has 0 radical (unpaired) electrons. The molecule has 0 aliphatic carbocycles. The summed E-state index contributed by atoms with van der Waals surface area (Å²) >= 11 is 3.32. The van der Waals surface area contributed by atoms with Crippen LogP contribution in [0.3, 0.4) is 0 Å². The predicted octanol–water partition coefficient (Wildman–Crippen LogP) is 5.19. The number of anilines is 1. The van der Waals surface area contributed by atoms with Crippen molar-refractivity contribution in [3.05, 3.63) is 88.0 Å². The lowest BCUT2D eigenvalue weighted by atomic mass is 10.1. The van der Waals surface area contributed by atoms with E-state index >= 15 is 0 Å². The van der Waals surface area contributed by atoms with Gasteiger partial charge in [0.05, 0.1) is 0 Å². The zero-order valence-corrected chi connectivity index (χ0v) is 20.3. The molecule has 1 aromatic heterocycles. The van der Waals surface area contributed by atoms with Crippen molar-refractivity contribution in [1.82, 2.24) is 5.16 Å². The summed E-state index contributed by atoms with van der Waals surface area (Å²) in [5.41, 5.74) is 1.85. The van der Waals surface area contributed by atoms with Crippen LogP contribution in [0.5, 0.6) is 17.2 Å². The van der Waals surface area contributed by atoms with Gasteiger partial charge < -0.3 is 29.2 Å². The van der Waals surface area contributed by atoms with Gasteiger partial charge in [-0.2, -0.15) is 0 Å². The second-order valence-corrected chi connectivity index (χ2v) is 8.73. The highest BCUT2D eigenvalue weighted by Crippen LogP contribution is 2.34. The third-order valence-corrected chi connectivity index (χ3v) is 5.79. The molecule has 1 aliphatic heterocycles. The van der Waals surface area contributed by atoms with Crippen LogP contribution in [-0.4, -0.2) is 35.4 Å². The molecular formula is C26H19BrN2O7. The number of phenols is 1. The summed E-state index contributed by atoms with van der Waals surface area (Å²) in [6.45, 7) is 0.815. The topological polar surface area (TPSA) is 120 Å². The Morgan fingerprint density at radius 3 is 2.64 bits per heavy atom. The zero-order chi connectivity index (χ0) is 25.1. The minimum Gasteiger partial charge on any atom is -0.507 e. The van der Waals surface area contributed by atoms with Gasteiger partial charge in [0.25, 0.3) is 5.91 Å². The molecule has 3 aromatic carbocycles. The number of amides is 1. The number of carbonyl (C=O) groups excluding carboxylic acids is 2. The minimum atomic E-state index is -0.749. The smallest absolute Gasteiger partial charge is 0.342 e. The Morgan fingerprint density at radius 1 is 1.00 bits per heavy atom. The van der Waals surface area contributed by atoms with E-state index in [1.807, 2.05) is 6.07 Å². The Bertz CT molecular complexity index is 1450. The monoisotopic (exact) mass is 550 g/mol. The van der Waals surface area contributed by atoms with E-state index in [9.17, 15) is 14.7 Å². The molecule has 1 aliphatic rings. The largest absolute Gasteiger partial charge is 0.507 e. The maximum atomic E-state index is 12.5. The number of esters is 1. The lowest BCUT2D eigenvalue weighted by molar-refractivity contribution is 0.0461. The number of aromatic hydroxyl groups is 1. The molecule has 0 atom stereocenters. The Hall–Kier alpha value is -4.31. The van der Waals surface area contributed by atoms with Gasteiger partial charge in [-0.3, -0.25) is 4.79 Å². The van der Waals surface area contributed by atoms with E-state index in [4.69, 9.17) is 18.7 Å². The highest BCUT2D eigenvalue weighted by Gasteiger charge is 2.18. The third kappa shape index (κ3) is 5.18. The maximum absolute atomic E-state index is 12.5. The van der Waals surface area contributed by atoms with E-state index in [1.165, 1.54) is 18.2 Å². The average molecular weight is 551 g/mol. The number of hydrogen-bond acceptors (Lipinski definition) is 8. The van der Waals surface area contributed by atoms with Crippen molar-refractivity contribution < 1.29 is 33.4 Å². The van der Waals surface area contributed by atoms with Crippen molar-refractivity contribution in [2.75, 3.05) is 18.5 Å². The van der Waals surface area contributed by atoms with Crippen LogP contribution in [0.1, 0.15) is 26.4 Å². The fraction of sp³-hybridized carbons (Fsp3) is 0.115. The highest BCUT2D eigenvalue weighted by atomic mass is 79.9. The van der Waals surface area contributed by atoms with Crippen LogP contribution in [0, 0.1) is 0 Å². The first-order valence-electron chi connectivity index (χ1n) is 10.9. The summed E-state index contributed by atoms with van der Waals surface area (Å²) in [5.74, 6) is 0.328. The van der Waals surface area contributed by atoms with E-state index < -0.39 is 5.97 Å². The summed E-state index contributed by atoms with van der Waals surface area (Å²) in [4.78, 5) is 24.9. The Morgan fingerprint density at radius 2 is 1.83 bits per heavy atom. The zero-order valence-electron chi connectivity index (χ0n) is 18.7. The normalized spacial score (nSPS) is 12.1. The third-order valence-electron chi connectivity index (χ3n) is 5.30. The molecule has 10 heteroatoms. The van der Waals surface area contributed by atoms with Crippen molar-refractivity contribution in [1.29, 1.82) is 0 Å². The highest BCUT2D eigenvalue weighted by molar-refractivity contribution is 9.10. The number of benzene rings is 3. The van der Waals surface area contributed by atoms with Crippen LogP contribution in [0.25, 0.3) is 11.3 Å². The van der Waals surface area contributed by atoms with Gasteiger partial charge in [0.15, 0.2) is 17.3 Å². The van der Waals surface area contributed by atoms with E-state index in [1.54, 1.807) is 42.5 Å². The Kier molecular flexibility index (Phi) is 6.59. The number of phenolic OH excluding ortho intramolecular Hbond substituents is 1. The molecule has 0 fully saturated rings. The standard InChI is InChI=1S/C26H19BrN2O7/c27-17-3-1-2-16(10-17)25(31)28-18-5-6-20(21(30)12-18)26(32)35-14-19-13-23(36-29-19)15-4-7-22-24(11-15)34-9-8-33-22/h1-7,10-13,30H,8-9,14H2,(H,28,31). The number of fused-ring (bicyclic) bond motifs is 1. The van der Waals surface area contributed by atoms with Gasteiger partial charge in [0.2, 0.25) is 0 Å². The van der Waals surface area contributed by atoms with Crippen molar-refractivity contribution in [3.8, 4) is 28.6 Å². The molecule has 0 saturated heterocycles. The van der Waals surface area contributed by atoms with E-state index in [0.717, 1.165) is 10.0 Å². The van der Waals surface area contributed by atoms with Crippen LogP contribution < -0.4 is 14.8 Å². The molecule has 0 saturated carbocycles. The molecule has 182 valence electrons. The molecular weight excluding hydrogens is 532 g/mol. The van der Waals surface area contributed by atoms with Crippen LogP contribution in [0.4, 0.5) is 5.69 Å². The van der Waals surface area contributed by atoms with E-state index in [2.05, 4.69) is 26.4 Å². The first-order valence-corrected chi connectivity index (χ1v) is 11.7. The molecule has 1 amide bonds. The summed E-state index contributed by atoms with van der Waals surface area (Å²) in [5, 5.41) is 16.9. The average Bonchev–Trinajstić information content (AvgIpc) is 3.36. The molecule has 0 bridgehead atoms. The van der Waals surface area contributed by atoms with Crippen LogP contribution in [0.2, 0.25) is 0 Å². The van der Waals surface area contributed by atoms with Crippen LogP contribution in [0.15, 0.2) is 75.7 Å². The lowest BCUT2D eigenvalue weighted by Crippen LogP contribution is -2.15. The van der Waals surface area contributed by atoms with Gasteiger partial charge >= 0.3 is 5.97 Å². The first kappa shape index (κ1) is 23.4. The van der Waals surface area contributed by atoms with Gasteiger partial charge in [-0.05, 0) is 48.5 Å². The van der Waals surface area contributed by atoms with Gasteiger partial charge in [0.1, 0.15) is 36.8 Å². The number of carbonyl (C=O) groups is 2. The molecule has 0 spiro atoms. The maximum Gasteiger partial charge on any atom is 0.342 e. The lowest BCUT2D eigenvalue weighted by Gasteiger charge is -2.18. The molecule has 9 nitrogen and oxygen atoms in total. The van der Waals surface area contributed by atoms with Crippen molar-refractivity contribution in [2.24, 2.45) is 0 Å². The summed E-state index contributed by atoms with van der Waals surface area (Å²) < 4.78 is 22.5. The fourth-order valence-corrected chi connectivity index (χ4v) is 3.94. The number of nitrogens with zero attached hydrogens (tertiary/aromatic N) is 1. The number of halogens is 1. The van der Waals surface area contributed by atoms with Crippen molar-refractivity contribution in [2.45, 2.75) is 6.61 Å². The molecule has 0 unspecified atom stereocenters. The SMILES string of the molecule is O=C(Nc1ccc(C(=O)OCc2cc(-c3ccc4c(c3)OCCO4)on2)c(O)c1)c1cccc(Br)c1. The quantitative estimate of drug-likeness (QED) is 0.314. The van der Waals surface area contributed by atoms with Gasteiger partial charge in [-0.25, -0.2) is 4.79 Å². The minimum absolute atomic E-state index is 0.0500. The van der Waals surface area contributed by atoms with Crippen LogP contribution in [-0.2, 0) is 11.3 Å². The second kappa shape index (κ2) is 10.1. The molecule has 2 heterocycles. The van der Waals surface area contributed by atoms with E-state index in [0.29, 0.717) is 47.4 Å². The second-order valence-electron chi connectivity index (χ2n) is 7.81. The number of aromatic nitrogens is 1. The number of hydrogen-bond donors (Lipinski definition) is 2. The molecule has 4 aromatic rings. The van der Waals surface area contributed by atoms with Gasteiger partial charge in [-0.1, -0.05) is 27.2 Å². The fourth-order valence-electron chi connectivity index (χ4n) is 3.54. The van der Waals surface area contributed by atoms with Gasteiger partial charge in [-0.15, -0.1) is 0 Å². The van der Waals surface area contributed by atoms with Crippen LogP contribution >= 0.6 is 15.9 Å². The summed E-state index contributed by atoms with van der Waals surface area (Å²) in [7, 11) is 0. The van der Waals surface area contributed by atoms with Gasteiger partial charge in [0, 0.05) is 33.4 Å². The molecule has 36 heavy (non-hydrogen) atoms.